The van der Waals surface area contributed by atoms with Crippen molar-refractivity contribution in [1.82, 2.24) is 0 Å². The Kier molecular flexibility index (Phi) is 4.99. The van der Waals surface area contributed by atoms with Gasteiger partial charge in [0, 0.05) is 15.7 Å². The highest BCUT2D eigenvalue weighted by Gasteiger charge is 2.05. The van der Waals surface area contributed by atoms with Crippen molar-refractivity contribution >= 4 is 37.8 Å². The summed E-state index contributed by atoms with van der Waals surface area (Å²) in [6, 6.07) is 0. The fraction of sp³-hybridized carbons (Fsp3) is 0.500. The van der Waals surface area contributed by atoms with Crippen LogP contribution in [0.5, 0.6) is 0 Å². The second kappa shape index (κ2) is 4.91. The maximum Gasteiger partial charge on any atom is 0.328 e. The zero-order valence-electron chi connectivity index (χ0n) is 5.42. The Morgan fingerprint density at radius 3 is 2.40 bits per heavy atom. The molecular weight excluding hydrogens is 264 g/mol. The second-order valence-corrected chi connectivity index (χ2v) is 4.32. The van der Waals surface area contributed by atoms with E-state index in [0.717, 1.165) is 6.08 Å². The van der Waals surface area contributed by atoms with Crippen molar-refractivity contribution in [3.05, 3.63) is 12.2 Å². The summed E-state index contributed by atoms with van der Waals surface area (Å²) >= 11 is 6.57. The average Bonchev–Trinajstić information content (AvgIpc) is 1.82. The van der Waals surface area contributed by atoms with Crippen LogP contribution in [0.2, 0.25) is 0 Å². The molecule has 4 heteroatoms. The largest absolute Gasteiger partial charge is 0.478 e. The van der Waals surface area contributed by atoms with Crippen LogP contribution in [0.4, 0.5) is 0 Å². The van der Waals surface area contributed by atoms with Crippen molar-refractivity contribution in [2.45, 2.75) is 16.6 Å². The van der Waals surface area contributed by atoms with Gasteiger partial charge >= 0.3 is 5.97 Å². The molecule has 0 saturated heterocycles. The summed E-state index contributed by atoms with van der Waals surface area (Å²) < 4.78 is 0. The van der Waals surface area contributed by atoms with Crippen LogP contribution in [0.1, 0.15) is 6.92 Å². The third-order valence-electron chi connectivity index (χ3n) is 0.861. The van der Waals surface area contributed by atoms with Gasteiger partial charge in [-0.05, 0) is 0 Å². The molecule has 0 aromatic rings. The van der Waals surface area contributed by atoms with Crippen molar-refractivity contribution in [3.63, 3.8) is 0 Å². The van der Waals surface area contributed by atoms with Gasteiger partial charge in [-0.25, -0.2) is 4.79 Å². The molecule has 1 N–H and O–H groups in total. The molecule has 0 aromatic heterocycles. The average molecular weight is 272 g/mol. The van der Waals surface area contributed by atoms with Crippen LogP contribution in [0.25, 0.3) is 0 Å². The zero-order valence-corrected chi connectivity index (χ0v) is 8.59. The fourth-order valence-corrected chi connectivity index (χ4v) is 0.656. The van der Waals surface area contributed by atoms with Crippen LogP contribution in [0.3, 0.4) is 0 Å². The lowest BCUT2D eigenvalue weighted by atomic mass is 10.3. The number of rotatable bonds is 3. The molecule has 0 spiro atoms. The Balaban J connectivity index is 3.77. The summed E-state index contributed by atoms with van der Waals surface area (Å²) in [4.78, 5) is 10.3. The van der Waals surface area contributed by atoms with Gasteiger partial charge in [0.15, 0.2) is 0 Å². The second-order valence-electron chi connectivity index (χ2n) is 1.82. The van der Waals surface area contributed by atoms with Gasteiger partial charge in [0.25, 0.3) is 0 Å². The van der Waals surface area contributed by atoms with E-state index in [1.54, 1.807) is 6.08 Å². The van der Waals surface area contributed by atoms with E-state index in [4.69, 9.17) is 5.11 Å². The van der Waals surface area contributed by atoms with E-state index in [-0.39, 0.29) is 9.65 Å². The molecule has 0 rings (SSSR count). The first-order chi connectivity index (χ1) is 4.54. The third-order valence-corrected chi connectivity index (χ3v) is 3.24. The molecule has 0 aromatic carbocycles. The molecule has 2 nitrogen and oxygen atoms in total. The van der Waals surface area contributed by atoms with Crippen molar-refractivity contribution in [3.8, 4) is 0 Å². The van der Waals surface area contributed by atoms with Gasteiger partial charge < -0.3 is 5.11 Å². The number of aliphatic carboxylic acids is 1. The zero-order chi connectivity index (χ0) is 8.15. The van der Waals surface area contributed by atoms with E-state index < -0.39 is 5.97 Å². The van der Waals surface area contributed by atoms with E-state index >= 15 is 0 Å². The molecule has 2 unspecified atom stereocenters. The van der Waals surface area contributed by atoms with Gasteiger partial charge in [-0.2, -0.15) is 0 Å². The highest BCUT2D eigenvalue weighted by Crippen LogP contribution is 2.14. The summed E-state index contributed by atoms with van der Waals surface area (Å²) in [5, 5.41) is 8.22. The maximum atomic E-state index is 10.0. The van der Waals surface area contributed by atoms with Gasteiger partial charge in [-0.3, -0.25) is 0 Å². The smallest absolute Gasteiger partial charge is 0.328 e. The molecule has 0 saturated carbocycles. The quantitative estimate of drug-likeness (QED) is 0.631. The lowest BCUT2D eigenvalue weighted by Crippen LogP contribution is -2.06. The van der Waals surface area contributed by atoms with E-state index in [1.165, 1.54) is 0 Å². The molecule has 0 aliphatic carbocycles. The highest BCUT2D eigenvalue weighted by atomic mass is 79.9. The molecule has 0 bridgehead atoms. The molecule has 10 heavy (non-hydrogen) atoms. The first kappa shape index (κ1) is 10.2. The molecule has 0 amide bonds. The molecule has 58 valence electrons. The Labute approximate surface area is 76.6 Å². The Morgan fingerprint density at radius 1 is 1.60 bits per heavy atom. The molecule has 0 radical (unpaired) electrons. The van der Waals surface area contributed by atoms with Crippen LogP contribution in [-0.4, -0.2) is 20.7 Å². The van der Waals surface area contributed by atoms with Gasteiger partial charge in [0.1, 0.15) is 0 Å². The number of carboxylic acid groups (broad SMARTS) is 1. The molecule has 0 aliphatic rings. The van der Waals surface area contributed by atoms with Crippen LogP contribution >= 0.6 is 31.9 Å². The van der Waals surface area contributed by atoms with E-state index in [2.05, 4.69) is 31.9 Å². The topological polar surface area (TPSA) is 37.3 Å². The maximum absolute atomic E-state index is 10.0. The number of hydrogen-bond donors (Lipinski definition) is 1. The molecule has 0 heterocycles. The first-order valence-corrected chi connectivity index (χ1v) is 4.56. The molecular formula is C6H8Br2O2. The Hall–Kier alpha value is 0.170. The van der Waals surface area contributed by atoms with Gasteiger partial charge in [0.2, 0.25) is 0 Å². The SMILES string of the molecule is CC(Br)C(Br)C=CC(=O)O. The minimum Gasteiger partial charge on any atom is -0.478 e. The van der Waals surface area contributed by atoms with Crippen molar-refractivity contribution in [2.75, 3.05) is 0 Å². The summed E-state index contributed by atoms with van der Waals surface area (Å²) in [6.45, 7) is 1.94. The number of allylic oxidation sites excluding steroid dienone is 1. The summed E-state index contributed by atoms with van der Waals surface area (Å²) in [6.07, 6.45) is 2.71. The fourth-order valence-electron chi connectivity index (χ4n) is 0.327. The summed E-state index contributed by atoms with van der Waals surface area (Å²) in [7, 11) is 0. The normalized spacial score (nSPS) is 17.1. The lowest BCUT2D eigenvalue weighted by Gasteiger charge is -2.04. The third kappa shape index (κ3) is 4.99. The highest BCUT2D eigenvalue weighted by molar-refractivity contribution is 9.12. The number of carbonyl (C=O) groups is 1. The molecule has 0 aliphatic heterocycles. The van der Waals surface area contributed by atoms with E-state index in [9.17, 15) is 4.79 Å². The van der Waals surface area contributed by atoms with Gasteiger partial charge in [-0.15, -0.1) is 0 Å². The number of alkyl halides is 2. The monoisotopic (exact) mass is 270 g/mol. The minimum absolute atomic E-state index is 0.0728. The first-order valence-electron chi connectivity index (χ1n) is 2.73. The van der Waals surface area contributed by atoms with Crippen LogP contribution in [0.15, 0.2) is 12.2 Å². The molecule has 2 atom stereocenters. The van der Waals surface area contributed by atoms with Crippen LogP contribution in [-0.2, 0) is 4.79 Å². The van der Waals surface area contributed by atoms with Crippen LogP contribution in [0, 0.1) is 0 Å². The predicted octanol–water partition coefficient (Wildman–Crippen LogP) is 2.17. The van der Waals surface area contributed by atoms with Crippen LogP contribution < -0.4 is 0 Å². The van der Waals surface area contributed by atoms with Crippen molar-refractivity contribution < 1.29 is 9.90 Å². The molecule has 0 fully saturated rings. The van der Waals surface area contributed by atoms with Gasteiger partial charge in [-0.1, -0.05) is 44.9 Å². The van der Waals surface area contributed by atoms with Crippen molar-refractivity contribution in [1.29, 1.82) is 0 Å². The Morgan fingerprint density at radius 2 is 2.10 bits per heavy atom. The number of hydrogen-bond acceptors (Lipinski definition) is 1. The van der Waals surface area contributed by atoms with Crippen molar-refractivity contribution in [2.24, 2.45) is 0 Å². The summed E-state index contributed by atoms with van der Waals surface area (Å²) in [5.41, 5.74) is 0. The lowest BCUT2D eigenvalue weighted by molar-refractivity contribution is -0.131. The van der Waals surface area contributed by atoms with Gasteiger partial charge in [0.05, 0.1) is 0 Å². The van der Waals surface area contributed by atoms with E-state index in [0.29, 0.717) is 0 Å². The number of halogens is 2. The summed E-state index contributed by atoms with van der Waals surface area (Å²) in [5.74, 6) is -0.919. The Bertz CT molecular complexity index is 143. The number of carboxylic acids is 1. The predicted molar refractivity (Wildman–Crippen MR) is 47.9 cm³/mol. The standard InChI is InChI=1S/C6H8Br2O2/c1-4(7)5(8)2-3-6(9)10/h2-5H,1H3,(H,9,10). The van der Waals surface area contributed by atoms with E-state index in [1.807, 2.05) is 6.92 Å². The minimum atomic E-state index is -0.919.